The molecule has 0 saturated heterocycles. The van der Waals surface area contributed by atoms with Gasteiger partial charge in [0.05, 0.1) is 11.9 Å². The summed E-state index contributed by atoms with van der Waals surface area (Å²) < 4.78 is 0. The van der Waals surface area contributed by atoms with Crippen LogP contribution in [0.3, 0.4) is 0 Å². The van der Waals surface area contributed by atoms with Crippen LogP contribution in [0.4, 0.5) is 0 Å². The van der Waals surface area contributed by atoms with Crippen molar-refractivity contribution in [2.24, 2.45) is 10.8 Å². The van der Waals surface area contributed by atoms with Crippen molar-refractivity contribution in [2.75, 3.05) is 0 Å². The Labute approximate surface area is 75.5 Å². The van der Waals surface area contributed by atoms with Crippen molar-refractivity contribution in [2.45, 2.75) is 0 Å². The summed E-state index contributed by atoms with van der Waals surface area (Å²) >= 11 is 4.54. The number of nitrogens with zero attached hydrogens (tertiary/aromatic N) is 2. The number of hydrogen-bond donors (Lipinski definition) is 2. The number of aromatic nitrogens is 1. The number of rotatable bonds is 2. The molecule has 0 aromatic carbocycles. The fraction of sp³-hybridized carbons (Fsp3) is 0. The summed E-state index contributed by atoms with van der Waals surface area (Å²) in [5.74, 6) is 0. The van der Waals surface area contributed by atoms with Crippen molar-refractivity contribution in [1.82, 2.24) is 10.4 Å². The van der Waals surface area contributed by atoms with E-state index in [0.29, 0.717) is 0 Å². The van der Waals surface area contributed by atoms with Crippen LogP contribution in [0.15, 0.2) is 29.5 Å². The topological polar surface area (TPSA) is 63.3 Å². The summed E-state index contributed by atoms with van der Waals surface area (Å²) in [7, 11) is 0. The zero-order chi connectivity index (χ0) is 8.81. The minimum absolute atomic E-state index is 0.141. The van der Waals surface area contributed by atoms with Crippen LogP contribution in [0.5, 0.6) is 0 Å². The smallest absolute Gasteiger partial charge is 0.184 e. The maximum absolute atomic E-state index is 5.14. The molecule has 0 amide bonds. The van der Waals surface area contributed by atoms with Gasteiger partial charge in [-0.2, -0.15) is 5.10 Å². The van der Waals surface area contributed by atoms with Crippen LogP contribution in [-0.4, -0.2) is 16.3 Å². The van der Waals surface area contributed by atoms with E-state index in [1.807, 2.05) is 18.2 Å². The monoisotopic (exact) mass is 180 g/mol. The minimum Gasteiger partial charge on any atom is -0.375 e. The average molecular weight is 180 g/mol. The lowest BCUT2D eigenvalue weighted by molar-refractivity contribution is 1.04. The molecule has 0 bridgehead atoms. The Balaban J connectivity index is 2.52. The van der Waals surface area contributed by atoms with Crippen molar-refractivity contribution >= 4 is 23.5 Å². The first-order valence-electron chi connectivity index (χ1n) is 3.28. The Hall–Kier alpha value is -1.49. The van der Waals surface area contributed by atoms with Crippen LogP contribution in [-0.2, 0) is 0 Å². The molecule has 1 heterocycles. The molecule has 0 atom stereocenters. The molecule has 3 N–H and O–H groups in total. The van der Waals surface area contributed by atoms with Crippen LogP contribution >= 0.6 is 12.2 Å². The van der Waals surface area contributed by atoms with E-state index >= 15 is 0 Å². The Morgan fingerprint density at radius 3 is 3.08 bits per heavy atom. The number of pyridine rings is 1. The molecule has 0 unspecified atom stereocenters. The fourth-order valence-corrected chi connectivity index (χ4v) is 0.667. The minimum atomic E-state index is 0.141. The molecule has 62 valence electrons. The highest BCUT2D eigenvalue weighted by Crippen LogP contribution is 1.86. The normalized spacial score (nSPS) is 10.0. The molecule has 1 rings (SSSR count). The maximum atomic E-state index is 5.14. The van der Waals surface area contributed by atoms with Gasteiger partial charge in [0.15, 0.2) is 5.11 Å². The van der Waals surface area contributed by atoms with Gasteiger partial charge in [0, 0.05) is 6.20 Å². The second-order valence-electron chi connectivity index (χ2n) is 1.99. The summed E-state index contributed by atoms with van der Waals surface area (Å²) in [5, 5.41) is 3.88. The van der Waals surface area contributed by atoms with E-state index in [1.165, 1.54) is 0 Å². The summed E-state index contributed by atoms with van der Waals surface area (Å²) in [5.41, 5.74) is 8.33. The Kier molecular flexibility index (Phi) is 3.16. The van der Waals surface area contributed by atoms with Gasteiger partial charge in [-0.1, -0.05) is 6.07 Å². The Morgan fingerprint density at radius 2 is 2.50 bits per heavy atom. The third-order valence-electron chi connectivity index (χ3n) is 1.06. The summed E-state index contributed by atoms with van der Waals surface area (Å²) in [6, 6.07) is 5.53. The second kappa shape index (κ2) is 4.40. The first-order chi connectivity index (χ1) is 5.79. The van der Waals surface area contributed by atoms with Crippen molar-refractivity contribution in [3.63, 3.8) is 0 Å². The van der Waals surface area contributed by atoms with E-state index in [1.54, 1.807) is 12.4 Å². The van der Waals surface area contributed by atoms with Gasteiger partial charge in [-0.25, -0.2) is 0 Å². The van der Waals surface area contributed by atoms with E-state index in [4.69, 9.17) is 5.73 Å². The molecule has 5 heteroatoms. The molecule has 4 nitrogen and oxygen atoms in total. The SMILES string of the molecule is NC(=S)N/N=C\c1ccccn1. The first-order valence-corrected chi connectivity index (χ1v) is 3.69. The van der Waals surface area contributed by atoms with Crippen LogP contribution < -0.4 is 11.2 Å². The summed E-state index contributed by atoms with van der Waals surface area (Å²) in [6.07, 6.45) is 3.22. The third kappa shape index (κ3) is 3.07. The molecular formula is C7H8N4S. The molecule has 12 heavy (non-hydrogen) atoms. The molecule has 1 aromatic rings. The number of hydrazone groups is 1. The van der Waals surface area contributed by atoms with Gasteiger partial charge >= 0.3 is 0 Å². The second-order valence-corrected chi connectivity index (χ2v) is 2.43. The quantitative estimate of drug-likeness (QED) is 0.389. The van der Waals surface area contributed by atoms with Gasteiger partial charge in [0.2, 0.25) is 0 Å². The van der Waals surface area contributed by atoms with Crippen LogP contribution in [0.2, 0.25) is 0 Å². The predicted octanol–water partition coefficient (Wildman–Crippen LogP) is 0.249. The molecule has 0 aliphatic heterocycles. The number of nitrogens with two attached hydrogens (primary N) is 1. The predicted molar refractivity (Wildman–Crippen MR) is 51.8 cm³/mol. The van der Waals surface area contributed by atoms with E-state index in [-0.39, 0.29) is 5.11 Å². The summed E-state index contributed by atoms with van der Waals surface area (Å²) in [4.78, 5) is 4.00. The van der Waals surface area contributed by atoms with Crippen molar-refractivity contribution < 1.29 is 0 Å². The maximum Gasteiger partial charge on any atom is 0.184 e. The fourth-order valence-electron chi connectivity index (χ4n) is 0.614. The number of thiocarbonyl (C=S) groups is 1. The van der Waals surface area contributed by atoms with Gasteiger partial charge < -0.3 is 5.73 Å². The Morgan fingerprint density at radius 1 is 1.67 bits per heavy atom. The van der Waals surface area contributed by atoms with E-state index in [9.17, 15) is 0 Å². The van der Waals surface area contributed by atoms with Gasteiger partial charge in [-0.15, -0.1) is 0 Å². The number of nitrogens with one attached hydrogen (secondary N) is 1. The highest BCUT2D eigenvalue weighted by atomic mass is 32.1. The zero-order valence-electron chi connectivity index (χ0n) is 6.27. The lowest BCUT2D eigenvalue weighted by Gasteiger charge is -1.92. The Bertz CT molecular complexity index is 283. The van der Waals surface area contributed by atoms with E-state index < -0.39 is 0 Å². The van der Waals surface area contributed by atoms with E-state index in [0.717, 1.165) is 5.69 Å². The van der Waals surface area contributed by atoms with Gasteiger partial charge in [0.1, 0.15) is 0 Å². The largest absolute Gasteiger partial charge is 0.375 e. The molecule has 1 aromatic heterocycles. The molecule has 0 saturated carbocycles. The standard InChI is InChI=1S/C7H8N4S/c8-7(12)11-10-5-6-3-1-2-4-9-6/h1-5H,(H3,8,11,12)/b10-5-. The molecule has 0 spiro atoms. The highest BCUT2D eigenvalue weighted by Gasteiger charge is 1.84. The van der Waals surface area contributed by atoms with Crippen LogP contribution in [0, 0.1) is 0 Å². The van der Waals surface area contributed by atoms with Gasteiger partial charge in [-0.05, 0) is 24.4 Å². The van der Waals surface area contributed by atoms with Crippen molar-refractivity contribution in [3.05, 3.63) is 30.1 Å². The van der Waals surface area contributed by atoms with Crippen molar-refractivity contribution in [3.8, 4) is 0 Å². The summed E-state index contributed by atoms with van der Waals surface area (Å²) in [6.45, 7) is 0. The molecule has 0 fully saturated rings. The molecule has 0 radical (unpaired) electrons. The molecule has 0 aliphatic carbocycles. The highest BCUT2D eigenvalue weighted by molar-refractivity contribution is 7.80. The molecular weight excluding hydrogens is 172 g/mol. The molecule has 0 aliphatic rings. The first kappa shape index (κ1) is 8.61. The zero-order valence-corrected chi connectivity index (χ0v) is 7.08. The lowest BCUT2D eigenvalue weighted by Crippen LogP contribution is -2.24. The van der Waals surface area contributed by atoms with Crippen molar-refractivity contribution in [1.29, 1.82) is 0 Å². The van der Waals surface area contributed by atoms with E-state index in [2.05, 4.69) is 27.7 Å². The number of hydrogen-bond acceptors (Lipinski definition) is 3. The average Bonchev–Trinajstić information content (AvgIpc) is 2.05. The van der Waals surface area contributed by atoms with Gasteiger partial charge in [-0.3, -0.25) is 10.4 Å². The lowest BCUT2D eigenvalue weighted by atomic mass is 10.4. The van der Waals surface area contributed by atoms with Crippen LogP contribution in [0.25, 0.3) is 0 Å². The van der Waals surface area contributed by atoms with Gasteiger partial charge in [0.25, 0.3) is 0 Å². The third-order valence-corrected chi connectivity index (χ3v) is 1.15. The van der Waals surface area contributed by atoms with Crippen LogP contribution in [0.1, 0.15) is 5.69 Å².